The number of benzene rings is 2. The SMILES string of the molecule is Nc1c(Cl)cc(S(=O)(=O)NC(=O)C(=O)NS(=O)(=O)c2cc(Cl)c(N)c(Cl)c2)cc1Cl. The summed E-state index contributed by atoms with van der Waals surface area (Å²) in [4.78, 5) is 22.7. The van der Waals surface area contributed by atoms with Crippen LogP contribution in [0.1, 0.15) is 0 Å². The van der Waals surface area contributed by atoms with Crippen LogP contribution in [-0.4, -0.2) is 28.6 Å². The Morgan fingerprint density at radius 3 is 1.10 bits per heavy atom. The Bertz CT molecular complexity index is 1140. The van der Waals surface area contributed by atoms with Crippen LogP contribution < -0.4 is 20.9 Å². The number of carbonyl (C=O) groups is 2. The van der Waals surface area contributed by atoms with Crippen LogP contribution in [0.3, 0.4) is 0 Å². The van der Waals surface area contributed by atoms with Gasteiger partial charge in [-0.25, -0.2) is 26.3 Å². The second kappa shape index (κ2) is 8.65. The van der Waals surface area contributed by atoms with Gasteiger partial charge in [0.15, 0.2) is 0 Å². The molecule has 16 heteroatoms. The van der Waals surface area contributed by atoms with E-state index >= 15 is 0 Å². The zero-order valence-corrected chi connectivity index (χ0v) is 18.9. The molecular formula is C14H10Cl4N4O6S2. The van der Waals surface area contributed by atoms with Gasteiger partial charge in [0.1, 0.15) is 0 Å². The van der Waals surface area contributed by atoms with E-state index in [-0.39, 0.29) is 31.5 Å². The minimum absolute atomic E-state index is 0.103. The van der Waals surface area contributed by atoms with Gasteiger partial charge in [-0.1, -0.05) is 46.4 Å². The van der Waals surface area contributed by atoms with E-state index in [0.29, 0.717) is 0 Å². The summed E-state index contributed by atoms with van der Waals surface area (Å²) in [5.74, 6) is -3.62. The van der Waals surface area contributed by atoms with Gasteiger partial charge < -0.3 is 11.5 Å². The van der Waals surface area contributed by atoms with Gasteiger partial charge in [-0.15, -0.1) is 0 Å². The topological polar surface area (TPSA) is 179 Å². The predicted molar refractivity (Wildman–Crippen MR) is 112 cm³/mol. The van der Waals surface area contributed by atoms with E-state index in [0.717, 1.165) is 24.3 Å². The second-order valence-electron chi connectivity index (χ2n) is 5.47. The third-order valence-corrected chi connectivity index (χ3v) is 7.26. The molecule has 0 atom stereocenters. The number of halogens is 4. The second-order valence-corrected chi connectivity index (χ2v) is 10.5. The first-order valence-electron chi connectivity index (χ1n) is 7.28. The maximum absolute atomic E-state index is 12.3. The maximum atomic E-state index is 12.3. The molecule has 2 amide bonds. The molecule has 2 rings (SSSR count). The van der Waals surface area contributed by atoms with Crippen molar-refractivity contribution < 1.29 is 26.4 Å². The van der Waals surface area contributed by atoms with E-state index in [1.165, 1.54) is 9.44 Å². The summed E-state index contributed by atoms with van der Waals surface area (Å²) < 4.78 is 51.8. The quantitative estimate of drug-likeness (QED) is 0.337. The predicted octanol–water partition coefficient (Wildman–Crippen LogP) is 1.77. The molecule has 0 aliphatic rings. The van der Waals surface area contributed by atoms with Gasteiger partial charge in [0, 0.05) is 0 Å². The third-order valence-electron chi connectivity index (χ3n) is 3.39. The zero-order chi connectivity index (χ0) is 23.0. The molecule has 2 aromatic carbocycles. The van der Waals surface area contributed by atoms with Crippen molar-refractivity contribution in [3.05, 3.63) is 44.4 Å². The first-order chi connectivity index (χ1) is 13.7. The Morgan fingerprint density at radius 2 is 0.867 bits per heavy atom. The summed E-state index contributed by atoms with van der Waals surface area (Å²) in [7, 11) is -9.29. The smallest absolute Gasteiger partial charge is 0.324 e. The standard InChI is InChI=1S/C14H10Cl4N4O6S2/c15-7-1-5(2-8(16)11(7)19)29(25,26)21-13(23)14(24)22-30(27,28)6-3-9(17)12(20)10(18)4-6/h1-4H,19-20H2,(H,21,23)(H,22,24). The number of rotatable bonds is 4. The average Bonchev–Trinajstić information content (AvgIpc) is 2.62. The Morgan fingerprint density at radius 1 is 0.633 bits per heavy atom. The van der Waals surface area contributed by atoms with E-state index in [1.807, 2.05) is 0 Å². The summed E-state index contributed by atoms with van der Waals surface area (Å²) in [6, 6.07) is 3.52. The van der Waals surface area contributed by atoms with Crippen LogP contribution in [0.5, 0.6) is 0 Å². The van der Waals surface area contributed by atoms with Crippen LogP contribution in [0, 0.1) is 0 Å². The number of carbonyl (C=O) groups excluding carboxylic acids is 2. The number of hydrogen-bond donors (Lipinski definition) is 4. The molecule has 0 aromatic heterocycles. The van der Waals surface area contributed by atoms with E-state index in [4.69, 9.17) is 57.9 Å². The normalized spacial score (nSPS) is 11.7. The summed E-state index contributed by atoms with van der Waals surface area (Å²) >= 11 is 23.0. The minimum Gasteiger partial charge on any atom is -0.396 e. The van der Waals surface area contributed by atoms with E-state index in [9.17, 15) is 26.4 Å². The highest BCUT2D eigenvalue weighted by molar-refractivity contribution is 7.91. The van der Waals surface area contributed by atoms with Crippen LogP contribution in [0.4, 0.5) is 11.4 Å². The average molecular weight is 536 g/mol. The van der Waals surface area contributed by atoms with Crippen molar-refractivity contribution in [1.82, 2.24) is 9.44 Å². The lowest BCUT2D eigenvalue weighted by atomic mass is 10.3. The zero-order valence-electron chi connectivity index (χ0n) is 14.2. The number of sulfonamides is 2. The van der Waals surface area contributed by atoms with Crippen LogP contribution >= 0.6 is 46.4 Å². The minimum atomic E-state index is -4.64. The summed E-state index contributed by atoms with van der Waals surface area (Å²) in [6.45, 7) is 0. The lowest BCUT2D eigenvalue weighted by Crippen LogP contribution is -2.44. The Labute approximate surface area is 190 Å². The van der Waals surface area contributed by atoms with E-state index in [1.54, 1.807) is 0 Å². The number of anilines is 2. The van der Waals surface area contributed by atoms with Crippen molar-refractivity contribution in [3.8, 4) is 0 Å². The van der Waals surface area contributed by atoms with Crippen molar-refractivity contribution in [1.29, 1.82) is 0 Å². The third kappa shape index (κ3) is 5.20. The first kappa shape index (κ1) is 24.3. The monoisotopic (exact) mass is 534 g/mol. The molecule has 162 valence electrons. The number of nitrogen functional groups attached to an aromatic ring is 2. The van der Waals surface area contributed by atoms with Crippen molar-refractivity contribution >= 4 is 89.6 Å². The maximum Gasteiger partial charge on any atom is 0.324 e. The molecule has 10 nitrogen and oxygen atoms in total. The highest BCUT2D eigenvalue weighted by atomic mass is 35.5. The van der Waals surface area contributed by atoms with Gasteiger partial charge in [0.05, 0.1) is 41.3 Å². The molecule has 0 aliphatic heterocycles. The lowest BCUT2D eigenvalue weighted by molar-refractivity contribution is -0.137. The van der Waals surface area contributed by atoms with Crippen molar-refractivity contribution in [2.24, 2.45) is 0 Å². The summed E-state index contributed by atoms with van der Waals surface area (Å²) in [5, 5.41) is -0.891. The molecule has 30 heavy (non-hydrogen) atoms. The molecule has 0 unspecified atom stereocenters. The fourth-order valence-electron chi connectivity index (χ4n) is 1.89. The van der Waals surface area contributed by atoms with Crippen molar-refractivity contribution in [2.45, 2.75) is 9.79 Å². The molecular weight excluding hydrogens is 526 g/mol. The number of hydrogen-bond acceptors (Lipinski definition) is 8. The van der Waals surface area contributed by atoms with Gasteiger partial charge in [-0.3, -0.25) is 9.59 Å². The largest absolute Gasteiger partial charge is 0.396 e. The molecule has 0 radical (unpaired) electrons. The van der Waals surface area contributed by atoms with Crippen molar-refractivity contribution in [2.75, 3.05) is 11.5 Å². The Balaban J connectivity index is 2.25. The molecule has 0 saturated heterocycles. The molecule has 0 bridgehead atoms. The summed E-state index contributed by atoms with van der Waals surface area (Å²) in [5.41, 5.74) is 10.8. The van der Waals surface area contributed by atoms with Crippen LogP contribution in [-0.2, 0) is 29.6 Å². The van der Waals surface area contributed by atoms with Gasteiger partial charge in [0.25, 0.3) is 20.0 Å². The van der Waals surface area contributed by atoms with E-state index in [2.05, 4.69) is 0 Å². The van der Waals surface area contributed by atoms with Gasteiger partial charge in [0.2, 0.25) is 0 Å². The van der Waals surface area contributed by atoms with Crippen molar-refractivity contribution in [3.63, 3.8) is 0 Å². The van der Waals surface area contributed by atoms with Crippen LogP contribution in [0.25, 0.3) is 0 Å². The highest BCUT2D eigenvalue weighted by Crippen LogP contribution is 2.31. The fraction of sp³-hybridized carbons (Fsp3) is 0. The molecule has 0 fully saturated rings. The van der Waals surface area contributed by atoms with Gasteiger partial charge in [-0.05, 0) is 24.3 Å². The molecule has 0 saturated carbocycles. The summed E-state index contributed by atoms with van der Waals surface area (Å²) in [6.07, 6.45) is 0. The number of nitrogens with one attached hydrogen (secondary N) is 2. The Kier molecular flexibility index (Phi) is 7.01. The fourth-order valence-corrected chi connectivity index (χ4v) is 5.12. The van der Waals surface area contributed by atoms with Gasteiger partial charge >= 0.3 is 11.8 Å². The van der Waals surface area contributed by atoms with Crippen LogP contribution in [0.15, 0.2) is 34.1 Å². The molecule has 0 heterocycles. The number of nitrogens with two attached hydrogens (primary N) is 2. The number of amides is 2. The first-order valence-corrected chi connectivity index (χ1v) is 11.8. The lowest BCUT2D eigenvalue weighted by Gasteiger charge is -2.11. The molecule has 6 N–H and O–H groups in total. The molecule has 0 spiro atoms. The molecule has 0 aliphatic carbocycles. The highest BCUT2D eigenvalue weighted by Gasteiger charge is 2.28. The van der Waals surface area contributed by atoms with E-state index < -0.39 is 41.7 Å². The van der Waals surface area contributed by atoms with Gasteiger partial charge in [-0.2, -0.15) is 0 Å². The Hall–Kier alpha value is -1.96. The van der Waals surface area contributed by atoms with Crippen LogP contribution in [0.2, 0.25) is 20.1 Å². The molecule has 2 aromatic rings.